The van der Waals surface area contributed by atoms with E-state index in [2.05, 4.69) is 66.8 Å². The van der Waals surface area contributed by atoms with E-state index in [-0.39, 0.29) is 11.7 Å². The zero-order valence-corrected chi connectivity index (χ0v) is 18.1. The summed E-state index contributed by atoms with van der Waals surface area (Å²) in [6, 6.07) is 14.4. The fourth-order valence-electron chi connectivity index (χ4n) is 3.67. The lowest BCUT2D eigenvalue weighted by Gasteiger charge is -2.12. The predicted molar refractivity (Wildman–Crippen MR) is 122 cm³/mol. The van der Waals surface area contributed by atoms with E-state index in [1.165, 1.54) is 35.0 Å². The highest BCUT2D eigenvalue weighted by molar-refractivity contribution is 8.18. The molecule has 1 saturated heterocycles. The molecule has 1 aliphatic rings. The number of amides is 1. The monoisotopic (exact) mass is 419 g/mol. The van der Waals surface area contributed by atoms with Crippen LogP contribution < -0.4 is 5.32 Å². The topological polar surface area (TPSA) is 46.4 Å². The van der Waals surface area contributed by atoms with Gasteiger partial charge in [0.2, 0.25) is 0 Å². The van der Waals surface area contributed by atoms with E-state index in [1.807, 2.05) is 6.08 Å². The first-order valence-corrected chi connectivity index (χ1v) is 10.4. The molecule has 0 radical (unpaired) electrons. The van der Waals surface area contributed by atoms with Crippen LogP contribution in [0.15, 0.2) is 58.4 Å². The number of nitrogens with one attached hydrogen (secondary N) is 1. The van der Waals surface area contributed by atoms with E-state index in [0.717, 1.165) is 22.6 Å². The van der Waals surface area contributed by atoms with Gasteiger partial charge in [-0.3, -0.25) is 4.79 Å². The Morgan fingerprint density at radius 1 is 1.00 bits per heavy atom. The van der Waals surface area contributed by atoms with E-state index in [4.69, 9.17) is 0 Å². The number of benzene rings is 2. The summed E-state index contributed by atoms with van der Waals surface area (Å²) in [5.74, 6) is -0.501. The lowest BCUT2D eigenvalue weighted by Crippen LogP contribution is -2.19. The number of nitrogens with zero attached hydrogens (tertiary/aromatic N) is 2. The number of carbonyl (C=O) groups is 1. The first-order chi connectivity index (χ1) is 14.3. The molecule has 4 nitrogen and oxygen atoms in total. The van der Waals surface area contributed by atoms with Gasteiger partial charge in [-0.2, -0.15) is 0 Å². The van der Waals surface area contributed by atoms with Crippen LogP contribution in [0.25, 0.3) is 11.8 Å². The number of aryl methyl sites for hydroxylation is 3. The van der Waals surface area contributed by atoms with Gasteiger partial charge in [-0.1, -0.05) is 6.07 Å². The van der Waals surface area contributed by atoms with Gasteiger partial charge in [0.15, 0.2) is 5.17 Å². The van der Waals surface area contributed by atoms with E-state index >= 15 is 0 Å². The van der Waals surface area contributed by atoms with E-state index in [1.54, 1.807) is 12.1 Å². The number of halogens is 1. The van der Waals surface area contributed by atoms with Gasteiger partial charge >= 0.3 is 0 Å². The van der Waals surface area contributed by atoms with Crippen molar-refractivity contribution in [2.45, 2.75) is 27.7 Å². The molecule has 1 fully saturated rings. The Balaban J connectivity index is 1.65. The number of aliphatic imine (C=N–C) groups is 1. The summed E-state index contributed by atoms with van der Waals surface area (Å²) in [4.78, 5) is 17.4. The number of hydrogen-bond donors (Lipinski definition) is 1. The van der Waals surface area contributed by atoms with Crippen molar-refractivity contribution in [2.24, 2.45) is 4.99 Å². The van der Waals surface area contributed by atoms with Gasteiger partial charge in [0, 0.05) is 17.1 Å². The van der Waals surface area contributed by atoms with Crippen molar-refractivity contribution in [2.75, 3.05) is 0 Å². The highest BCUT2D eigenvalue weighted by Crippen LogP contribution is 2.31. The minimum absolute atomic E-state index is 0.183. The third-order valence-corrected chi connectivity index (χ3v) is 5.84. The molecule has 2 heterocycles. The molecular formula is C24H22FN3OS. The molecule has 0 saturated carbocycles. The largest absolute Gasteiger partial charge is 0.318 e. The summed E-state index contributed by atoms with van der Waals surface area (Å²) < 4.78 is 15.3. The Bertz CT molecular complexity index is 1190. The van der Waals surface area contributed by atoms with Crippen molar-refractivity contribution in [3.8, 4) is 5.69 Å². The zero-order chi connectivity index (χ0) is 21.4. The smallest absolute Gasteiger partial charge is 0.264 e. The maximum atomic E-state index is 13.1. The average molecular weight is 420 g/mol. The molecule has 1 amide bonds. The molecule has 0 atom stereocenters. The zero-order valence-electron chi connectivity index (χ0n) is 17.3. The fourth-order valence-corrected chi connectivity index (χ4v) is 4.50. The van der Waals surface area contributed by atoms with Crippen LogP contribution in [0.3, 0.4) is 0 Å². The standard InChI is InChI=1S/C24H22FN3OS/c1-14-9-15(2)11-21(10-14)28-16(3)12-18(17(28)4)13-22-23(29)27-24(30-22)26-20-7-5-19(25)6-8-20/h5-13H,1-4H3,(H,26,27,29)/b22-13+. The number of hydrogen-bond acceptors (Lipinski definition) is 3. The number of amidine groups is 1. The molecule has 0 spiro atoms. The van der Waals surface area contributed by atoms with Crippen LogP contribution in [0.4, 0.5) is 10.1 Å². The first-order valence-electron chi connectivity index (χ1n) is 9.63. The Morgan fingerprint density at radius 3 is 2.33 bits per heavy atom. The van der Waals surface area contributed by atoms with Crippen molar-refractivity contribution < 1.29 is 9.18 Å². The van der Waals surface area contributed by atoms with Crippen LogP contribution in [-0.2, 0) is 4.79 Å². The fraction of sp³-hybridized carbons (Fsp3) is 0.167. The molecule has 3 aromatic rings. The van der Waals surface area contributed by atoms with Crippen LogP contribution in [0.2, 0.25) is 0 Å². The van der Waals surface area contributed by atoms with Crippen LogP contribution in [-0.4, -0.2) is 15.6 Å². The predicted octanol–water partition coefficient (Wildman–Crippen LogP) is 5.74. The molecule has 4 rings (SSSR count). The van der Waals surface area contributed by atoms with E-state index < -0.39 is 0 Å². The molecule has 2 aromatic carbocycles. The quantitative estimate of drug-likeness (QED) is 0.550. The summed E-state index contributed by atoms with van der Waals surface area (Å²) in [6.07, 6.45) is 1.90. The summed E-state index contributed by atoms with van der Waals surface area (Å²) >= 11 is 1.28. The number of aromatic nitrogens is 1. The van der Waals surface area contributed by atoms with Crippen LogP contribution >= 0.6 is 11.8 Å². The van der Waals surface area contributed by atoms with Gasteiger partial charge in [-0.15, -0.1) is 0 Å². The normalized spacial score (nSPS) is 16.5. The molecule has 0 unspecified atom stereocenters. The van der Waals surface area contributed by atoms with Crippen molar-refractivity contribution in [1.29, 1.82) is 0 Å². The van der Waals surface area contributed by atoms with Crippen LogP contribution in [0.5, 0.6) is 0 Å². The molecule has 1 aromatic heterocycles. The minimum Gasteiger partial charge on any atom is -0.318 e. The van der Waals surface area contributed by atoms with Gasteiger partial charge in [-0.25, -0.2) is 9.38 Å². The molecule has 30 heavy (non-hydrogen) atoms. The third kappa shape index (κ3) is 4.09. The number of carbonyl (C=O) groups excluding carboxylic acids is 1. The molecule has 6 heteroatoms. The summed E-state index contributed by atoms with van der Waals surface area (Å²) in [5, 5.41) is 3.27. The van der Waals surface area contributed by atoms with Gasteiger partial charge in [0.1, 0.15) is 5.82 Å². The summed E-state index contributed by atoms with van der Waals surface area (Å²) in [7, 11) is 0. The highest BCUT2D eigenvalue weighted by Gasteiger charge is 2.24. The van der Waals surface area contributed by atoms with Gasteiger partial charge in [0.05, 0.1) is 10.6 Å². The van der Waals surface area contributed by atoms with Gasteiger partial charge in [0.25, 0.3) is 5.91 Å². The van der Waals surface area contributed by atoms with Crippen molar-refractivity contribution in [3.63, 3.8) is 0 Å². The Morgan fingerprint density at radius 2 is 1.67 bits per heavy atom. The Labute approximate surface area is 179 Å². The highest BCUT2D eigenvalue weighted by atomic mass is 32.2. The van der Waals surface area contributed by atoms with Gasteiger partial charge in [-0.05, 0) is 105 Å². The molecular weight excluding hydrogens is 397 g/mol. The van der Waals surface area contributed by atoms with E-state index in [0.29, 0.717) is 15.8 Å². The molecule has 0 aliphatic carbocycles. The molecule has 1 aliphatic heterocycles. The second-order valence-corrected chi connectivity index (χ2v) is 8.50. The maximum Gasteiger partial charge on any atom is 0.264 e. The number of thioether (sulfide) groups is 1. The maximum absolute atomic E-state index is 13.1. The minimum atomic E-state index is -0.318. The van der Waals surface area contributed by atoms with Gasteiger partial charge < -0.3 is 9.88 Å². The lowest BCUT2D eigenvalue weighted by molar-refractivity contribution is -0.115. The summed E-state index contributed by atoms with van der Waals surface area (Å²) in [6.45, 7) is 8.31. The molecule has 1 N–H and O–H groups in total. The summed E-state index contributed by atoms with van der Waals surface area (Å²) in [5.41, 5.74) is 7.31. The van der Waals surface area contributed by atoms with Crippen LogP contribution in [0.1, 0.15) is 28.1 Å². The van der Waals surface area contributed by atoms with Crippen molar-refractivity contribution in [3.05, 3.63) is 87.3 Å². The third-order valence-electron chi connectivity index (χ3n) is 4.93. The molecule has 152 valence electrons. The number of rotatable bonds is 3. The Hall–Kier alpha value is -3.12. The average Bonchev–Trinajstić information content (AvgIpc) is 3.15. The van der Waals surface area contributed by atoms with Crippen molar-refractivity contribution >= 4 is 34.6 Å². The second-order valence-electron chi connectivity index (χ2n) is 7.47. The first kappa shape index (κ1) is 20.2. The van der Waals surface area contributed by atoms with E-state index in [9.17, 15) is 9.18 Å². The van der Waals surface area contributed by atoms with Crippen molar-refractivity contribution in [1.82, 2.24) is 9.88 Å². The van der Waals surface area contributed by atoms with Crippen LogP contribution in [0, 0.1) is 33.5 Å². The second kappa shape index (κ2) is 7.95. The lowest BCUT2D eigenvalue weighted by atomic mass is 10.1. The Kier molecular flexibility index (Phi) is 5.35. The molecule has 0 bridgehead atoms. The SMILES string of the molecule is Cc1cc(C)cc(-n2c(C)cc(/C=C3/SC(=Nc4ccc(F)cc4)NC3=O)c2C)c1.